The van der Waals surface area contributed by atoms with Crippen LogP contribution in [0.2, 0.25) is 0 Å². The molecule has 0 aliphatic rings. The van der Waals surface area contributed by atoms with Crippen molar-refractivity contribution in [2.45, 2.75) is 12.2 Å². The summed E-state index contributed by atoms with van der Waals surface area (Å²) in [6.07, 6.45) is 0. The van der Waals surface area contributed by atoms with Gasteiger partial charge in [-0.1, -0.05) is 6.92 Å². The summed E-state index contributed by atoms with van der Waals surface area (Å²) < 4.78 is 0. The van der Waals surface area contributed by atoms with E-state index in [4.69, 9.17) is 23.2 Å². The van der Waals surface area contributed by atoms with Crippen molar-refractivity contribution in [3.05, 3.63) is 0 Å². The molecule has 0 saturated carbocycles. The zero-order chi connectivity index (χ0) is 6.41. The van der Waals surface area contributed by atoms with Crippen LogP contribution >= 0.6 is 35.0 Å². The Morgan fingerprint density at radius 3 is 2.50 bits per heavy atom. The van der Waals surface area contributed by atoms with Crippen molar-refractivity contribution in [1.82, 2.24) is 0 Å². The van der Waals surface area contributed by atoms with Crippen LogP contribution in [0.3, 0.4) is 0 Å². The molecule has 50 valence electrons. The van der Waals surface area contributed by atoms with E-state index in [1.807, 2.05) is 11.8 Å². The van der Waals surface area contributed by atoms with Crippen LogP contribution in [0.25, 0.3) is 0 Å². The molecule has 1 atom stereocenters. The lowest BCUT2D eigenvalue weighted by molar-refractivity contribution is 1.12. The van der Waals surface area contributed by atoms with Crippen LogP contribution in [0, 0.1) is 0 Å². The van der Waals surface area contributed by atoms with Gasteiger partial charge in [0.15, 0.2) is 0 Å². The second kappa shape index (κ2) is 6.06. The Hall–Kier alpha value is 0.930. The minimum Gasteiger partial charge on any atom is -0.156 e. The first-order chi connectivity index (χ1) is 3.81. The van der Waals surface area contributed by atoms with E-state index in [1.165, 1.54) is 0 Å². The number of hydrogen-bond donors (Lipinski definition) is 0. The molecule has 0 aromatic carbocycles. The first kappa shape index (κ1) is 8.93. The maximum Gasteiger partial charge on any atom is 0.0339 e. The van der Waals surface area contributed by atoms with Crippen molar-refractivity contribution in [3.63, 3.8) is 0 Å². The van der Waals surface area contributed by atoms with Crippen LogP contribution < -0.4 is 0 Å². The monoisotopic (exact) mass is 172 g/mol. The topological polar surface area (TPSA) is 0 Å². The molecule has 0 heterocycles. The molecule has 0 nitrogen and oxygen atoms in total. The second-order valence-corrected chi connectivity index (χ2v) is 3.76. The SMILES string of the molecule is CC(CCl)SCCCl. The Labute approximate surface area is 64.9 Å². The Bertz CT molecular complexity index is 49.7. The van der Waals surface area contributed by atoms with Gasteiger partial charge < -0.3 is 0 Å². The van der Waals surface area contributed by atoms with Crippen LogP contribution in [-0.4, -0.2) is 22.8 Å². The third kappa shape index (κ3) is 5.07. The van der Waals surface area contributed by atoms with Crippen molar-refractivity contribution in [1.29, 1.82) is 0 Å². The normalized spacial score (nSPS) is 13.9. The van der Waals surface area contributed by atoms with Crippen molar-refractivity contribution >= 4 is 35.0 Å². The predicted octanol–water partition coefficient (Wildman–Crippen LogP) is 2.59. The molecule has 0 radical (unpaired) electrons. The van der Waals surface area contributed by atoms with Crippen molar-refractivity contribution in [2.24, 2.45) is 0 Å². The fourth-order valence-electron chi connectivity index (χ4n) is 0.290. The smallest absolute Gasteiger partial charge is 0.0339 e. The Morgan fingerprint density at radius 1 is 1.50 bits per heavy atom. The van der Waals surface area contributed by atoms with Crippen molar-refractivity contribution in [2.75, 3.05) is 17.5 Å². The molecule has 0 fully saturated rings. The molecule has 0 rings (SSSR count). The minimum absolute atomic E-state index is 0.551. The molecular formula is C5H10Cl2S. The quantitative estimate of drug-likeness (QED) is 0.589. The molecule has 0 aromatic heterocycles. The van der Waals surface area contributed by atoms with Gasteiger partial charge in [0.1, 0.15) is 0 Å². The van der Waals surface area contributed by atoms with Gasteiger partial charge in [-0.3, -0.25) is 0 Å². The lowest BCUT2D eigenvalue weighted by atomic mass is 10.6. The third-order valence-corrected chi connectivity index (χ3v) is 2.93. The highest BCUT2D eigenvalue weighted by Crippen LogP contribution is 2.10. The van der Waals surface area contributed by atoms with E-state index in [-0.39, 0.29) is 0 Å². The number of alkyl halides is 2. The molecule has 0 spiro atoms. The maximum atomic E-state index is 5.52. The number of rotatable bonds is 4. The maximum absolute atomic E-state index is 5.52. The number of thioether (sulfide) groups is 1. The molecule has 1 unspecified atom stereocenters. The second-order valence-electron chi connectivity index (χ2n) is 1.52. The van der Waals surface area contributed by atoms with Gasteiger partial charge in [-0.25, -0.2) is 0 Å². The number of halogens is 2. The van der Waals surface area contributed by atoms with Gasteiger partial charge in [0, 0.05) is 22.8 Å². The molecule has 8 heavy (non-hydrogen) atoms. The van der Waals surface area contributed by atoms with Crippen LogP contribution in [0.15, 0.2) is 0 Å². The molecule has 3 heteroatoms. The summed E-state index contributed by atoms with van der Waals surface area (Å²) >= 11 is 12.8. The van der Waals surface area contributed by atoms with Gasteiger partial charge in [-0.2, -0.15) is 11.8 Å². The van der Waals surface area contributed by atoms with Crippen molar-refractivity contribution in [3.8, 4) is 0 Å². The fourth-order valence-corrected chi connectivity index (χ4v) is 1.41. The molecule has 0 aromatic rings. The van der Waals surface area contributed by atoms with E-state index >= 15 is 0 Å². The van der Waals surface area contributed by atoms with Gasteiger partial charge in [0.25, 0.3) is 0 Å². The summed E-state index contributed by atoms with van der Waals surface area (Å²) in [6, 6.07) is 0. The summed E-state index contributed by atoms with van der Waals surface area (Å²) in [5.41, 5.74) is 0. The van der Waals surface area contributed by atoms with Gasteiger partial charge >= 0.3 is 0 Å². The zero-order valence-corrected chi connectivity index (χ0v) is 7.19. The van der Waals surface area contributed by atoms with Crippen LogP contribution in [0.4, 0.5) is 0 Å². The Balaban J connectivity index is 2.86. The molecule has 0 saturated heterocycles. The Kier molecular flexibility index (Phi) is 6.76. The summed E-state index contributed by atoms with van der Waals surface area (Å²) in [5, 5.41) is 0.551. The van der Waals surface area contributed by atoms with E-state index in [0.717, 1.165) is 17.5 Å². The van der Waals surface area contributed by atoms with Gasteiger partial charge in [0.05, 0.1) is 0 Å². The molecule has 0 amide bonds. The average molecular weight is 173 g/mol. The van der Waals surface area contributed by atoms with Gasteiger partial charge in [0.2, 0.25) is 0 Å². The minimum atomic E-state index is 0.551. The van der Waals surface area contributed by atoms with Crippen LogP contribution in [-0.2, 0) is 0 Å². The van der Waals surface area contributed by atoms with E-state index in [0.29, 0.717) is 5.25 Å². The summed E-state index contributed by atoms with van der Waals surface area (Å²) in [7, 11) is 0. The summed E-state index contributed by atoms with van der Waals surface area (Å²) in [4.78, 5) is 0. The lowest BCUT2D eigenvalue weighted by Gasteiger charge is -2.02. The predicted molar refractivity (Wildman–Crippen MR) is 43.4 cm³/mol. The molecular weight excluding hydrogens is 163 g/mol. The summed E-state index contributed by atoms with van der Waals surface area (Å²) in [5.74, 6) is 2.46. The first-order valence-electron chi connectivity index (χ1n) is 2.54. The standard InChI is InChI=1S/C5H10Cl2S/c1-5(4-7)8-3-2-6/h5H,2-4H2,1H3. The first-order valence-corrected chi connectivity index (χ1v) is 4.66. The van der Waals surface area contributed by atoms with E-state index in [1.54, 1.807) is 0 Å². The number of hydrogen-bond acceptors (Lipinski definition) is 1. The molecule has 0 bridgehead atoms. The largest absolute Gasteiger partial charge is 0.156 e. The molecule has 0 aliphatic carbocycles. The van der Waals surface area contributed by atoms with Gasteiger partial charge in [-0.15, -0.1) is 23.2 Å². The fraction of sp³-hybridized carbons (Fsp3) is 1.00. The van der Waals surface area contributed by atoms with E-state index in [9.17, 15) is 0 Å². The van der Waals surface area contributed by atoms with Crippen LogP contribution in [0.5, 0.6) is 0 Å². The molecule has 0 aliphatic heterocycles. The third-order valence-electron chi connectivity index (χ3n) is 0.697. The van der Waals surface area contributed by atoms with E-state index in [2.05, 4.69) is 6.92 Å². The molecule has 0 N–H and O–H groups in total. The van der Waals surface area contributed by atoms with E-state index < -0.39 is 0 Å². The highest BCUT2D eigenvalue weighted by atomic mass is 35.5. The average Bonchev–Trinajstić information content (AvgIpc) is 1.83. The highest BCUT2D eigenvalue weighted by molar-refractivity contribution is 8.00. The zero-order valence-electron chi connectivity index (χ0n) is 4.86. The Morgan fingerprint density at radius 2 is 2.12 bits per heavy atom. The summed E-state index contributed by atoms with van der Waals surface area (Å²) in [6.45, 7) is 2.10. The highest BCUT2D eigenvalue weighted by Gasteiger charge is 1.96. The van der Waals surface area contributed by atoms with Gasteiger partial charge in [-0.05, 0) is 0 Å². The lowest BCUT2D eigenvalue weighted by Crippen LogP contribution is -1.98. The van der Waals surface area contributed by atoms with Crippen LogP contribution in [0.1, 0.15) is 6.92 Å². The van der Waals surface area contributed by atoms with Crippen molar-refractivity contribution < 1.29 is 0 Å².